The molecule has 0 bridgehead atoms. The van der Waals surface area contributed by atoms with Crippen LogP contribution in [0.2, 0.25) is 5.02 Å². The zero-order chi connectivity index (χ0) is 11.5. The third-order valence-electron chi connectivity index (χ3n) is 3.01. The predicted molar refractivity (Wildman–Crippen MR) is 64.6 cm³/mol. The summed E-state index contributed by atoms with van der Waals surface area (Å²) in [5.74, 6) is -0.00134. The number of likely N-dealkylation sites (tertiary alicyclic amines) is 1. The molecular formula is C12H15ClN2O. The Morgan fingerprint density at radius 1 is 1.50 bits per heavy atom. The normalized spacial score (nSPS) is 20.1. The lowest BCUT2D eigenvalue weighted by Crippen LogP contribution is -2.40. The number of carbonyl (C=O) groups excluding carboxylic acids is 1. The Morgan fingerprint density at radius 3 is 2.94 bits per heavy atom. The van der Waals surface area contributed by atoms with E-state index in [0.29, 0.717) is 17.1 Å². The lowest BCUT2D eigenvalue weighted by molar-refractivity contribution is 0.0741. The summed E-state index contributed by atoms with van der Waals surface area (Å²) < 4.78 is 0. The number of rotatable bonds is 2. The van der Waals surface area contributed by atoms with E-state index in [1.165, 1.54) is 0 Å². The minimum atomic E-state index is -0.00134. The van der Waals surface area contributed by atoms with Gasteiger partial charge in [0.25, 0.3) is 5.91 Å². The fourth-order valence-corrected chi connectivity index (χ4v) is 2.35. The minimum absolute atomic E-state index is 0.00134. The molecule has 3 nitrogen and oxygen atoms in total. The molecule has 1 aliphatic heterocycles. The Balaban J connectivity index is 2.22. The molecule has 1 fully saturated rings. The first-order valence-corrected chi connectivity index (χ1v) is 5.87. The molecular weight excluding hydrogens is 224 g/mol. The molecule has 0 aliphatic carbocycles. The van der Waals surface area contributed by atoms with Crippen molar-refractivity contribution in [3.8, 4) is 0 Å². The Hall–Kier alpha value is -1.06. The number of hydrogen-bond acceptors (Lipinski definition) is 2. The maximum Gasteiger partial charge on any atom is 0.255 e. The second-order valence-electron chi connectivity index (χ2n) is 4.01. The Morgan fingerprint density at radius 2 is 2.25 bits per heavy atom. The molecule has 1 atom stereocenters. The van der Waals surface area contributed by atoms with Gasteiger partial charge in [0.05, 0.1) is 10.6 Å². The maximum atomic E-state index is 12.2. The van der Waals surface area contributed by atoms with E-state index in [9.17, 15) is 4.79 Å². The van der Waals surface area contributed by atoms with Crippen LogP contribution in [-0.4, -0.2) is 29.9 Å². The average Bonchev–Trinajstić information content (AvgIpc) is 2.77. The summed E-state index contributed by atoms with van der Waals surface area (Å²) in [5, 5.41) is 0.509. The van der Waals surface area contributed by atoms with Crippen LogP contribution in [0, 0.1) is 0 Å². The van der Waals surface area contributed by atoms with Gasteiger partial charge in [0.1, 0.15) is 0 Å². The monoisotopic (exact) mass is 238 g/mol. The molecule has 2 rings (SSSR count). The van der Waals surface area contributed by atoms with Gasteiger partial charge in [-0.3, -0.25) is 4.79 Å². The second-order valence-corrected chi connectivity index (χ2v) is 4.42. The second kappa shape index (κ2) is 4.85. The fraction of sp³-hybridized carbons (Fsp3) is 0.417. The molecule has 0 saturated carbocycles. The summed E-state index contributed by atoms with van der Waals surface area (Å²) in [5.41, 5.74) is 6.22. The van der Waals surface area contributed by atoms with E-state index in [4.69, 9.17) is 17.3 Å². The standard InChI is InChI=1S/C12H15ClN2O/c13-11-6-2-1-5-10(11)12(16)15-7-3-4-9(15)8-14/h1-2,5-6,9H,3-4,7-8,14H2. The number of nitrogens with zero attached hydrogens (tertiary/aromatic N) is 1. The van der Waals surface area contributed by atoms with Crippen molar-refractivity contribution in [2.24, 2.45) is 5.73 Å². The third-order valence-corrected chi connectivity index (χ3v) is 3.34. The molecule has 1 saturated heterocycles. The van der Waals surface area contributed by atoms with E-state index in [1.54, 1.807) is 12.1 Å². The van der Waals surface area contributed by atoms with Gasteiger partial charge >= 0.3 is 0 Å². The molecule has 1 aliphatic rings. The Kier molecular flexibility index (Phi) is 3.46. The smallest absolute Gasteiger partial charge is 0.255 e. The van der Waals surface area contributed by atoms with E-state index < -0.39 is 0 Å². The first-order chi connectivity index (χ1) is 7.74. The van der Waals surface area contributed by atoms with Crippen LogP contribution in [0.4, 0.5) is 0 Å². The van der Waals surface area contributed by atoms with Gasteiger partial charge in [-0.05, 0) is 25.0 Å². The van der Waals surface area contributed by atoms with Crippen molar-refractivity contribution in [3.05, 3.63) is 34.9 Å². The van der Waals surface area contributed by atoms with E-state index in [0.717, 1.165) is 19.4 Å². The summed E-state index contributed by atoms with van der Waals surface area (Å²) in [6.45, 7) is 1.31. The zero-order valence-electron chi connectivity index (χ0n) is 9.03. The highest BCUT2D eigenvalue weighted by atomic mass is 35.5. The molecule has 0 aromatic heterocycles. The van der Waals surface area contributed by atoms with Gasteiger partial charge in [-0.15, -0.1) is 0 Å². The van der Waals surface area contributed by atoms with Crippen molar-refractivity contribution >= 4 is 17.5 Å². The summed E-state index contributed by atoms with van der Waals surface area (Å²) in [7, 11) is 0. The highest BCUT2D eigenvalue weighted by Gasteiger charge is 2.28. The maximum absolute atomic E-state index is 12.2. The number of nitrogens with two attached hydrogens (primary N) is 1. The van der Waals surface area contributed by atoms with Gasteiger partial charge < -0.3 is 10.6 Å². The van der Waals surface area contributed by atoms with Crippen molar-refractivity contribution in [2.75, 3.05) is 13.1 Å². The Labute approximate surface area is 100 Å². The molecule has 1 aromatic rings. The van der Waals surface area contributed by atoms with Crippen LogP contribution in [-0.2, 0) is 0 Å². The molecule has 2 N–H and O–H groups in total. The molecule has 1 unspecified atom stereocenters. The van der Waals surface area contributed by atoms with Crippen molar-refractivity contribution in [1.82, 2.24) is 4.90 Å². The van der Waals surface area contributed by atoms with Gasteiger partial charge in [0.15, 0.2) is 0 Å². The average molecular weight is 239 g/mol. The molecule has 86 valence electrons. The molecule has 1 amide bonds. The lowest BCUT2D eigenvalue weighted by atomic mass is 10.1. The van der Waals surface area contributed by atoms with Gasteiger partial charge in [-0.1, -0.05) is 23.7 Å². The number of carbonyl (C=O) groups is 1. The van der Waals surface area contributed by atoms with Crippen molar-refractivity contribution in [1.29, 1.82) is 0 Å². The lowest BCUT2D eigenvalue weighted by Gasteiger charge is -2.23. The minimum Gasteiger partial charge on any atom is -0.334 e. The first kappa shape index (κ1) is 11.4. The number of hydrogen-bond donors (Lipinski definition) is 1. The first-order valence-electron chi connectivity index (χ1n) is 5.49. The number of halogens is 1. The van der Waals surface area contributed by atoms with Crippen LogP contribution in [0.5, 0.6) is 0 Å². The van der Waals surface area contributed by atoms with Gasteiger partial charge in [-0.25, -0.2) is 0 Å². The molecule has 16 heavy (non-hydrogen) atoms. The van der Waals surface area contributed by atoms with Crippen molar-refractivity contribution in [2.45, 2.75) is 18.9 Å². The van der Waals surface area contributed by atoms with Gasteiger partial charge in [-0.2, -0.15) is 0 Å². The summed E-state index contributed by atoms with van der Waals surface area (Å²) in [6, 6.07) is 7.32. The van der Waals surface area contributed by atoms with Crippen molar-refractivity contribution in [3.63, 3.8) is 0 Å². The van der Waals surface area contributed by atoms with Crippen LogP contribution >= 0.6 is 11.6 Å². The Bertz CT molecular complexity index is 394. The molecule has 1 heterocycles. The largest absolute Gasteiger partial charge is 0.334 e. The van der Waals surface area contributed by atoms with Crippen LogP contribution < -0.4 is 5.73 Å². The van der Waals surface area contributed by atoms with E-state index in [-0.39, 0.29) is 11.9 Å². The molecule has 0 radical (unpaired) electrons. The summed E-state index contributed by atoms with van der Waals surface area (Å²) in [4.78, 5) is 14.1. The number of amides is 1. The van der Waals surface area contributed by atoms with E-state index in [2.05, 4.69) is 0 Å². The van der Waals surface area contributed by atoms with Crippen LogP contribution in [0.25, 0.3) is 0 Å². The molecule has 0 spiro atoms. The SMILES string of the molecule is NCC1CCCN1C(=O)c1ccccc1Cl. The summed E-state index contributed by atoms with van der Waals surface area (Å²) >= 11 is 6.01. The van der Waals surface area contributed by atoms with E-state index in [1.807, 2.05) is 17.0 Å². The fourth-order valence-electron chi connectivity index (χ4n) is 2.14. The highest BCUT2D eigenvalue weighted by Crippen LogP contribution is 2.23. The topological polar surface area (TPSA) is 46.3 Å². The predicted octanol–water partition coefficient (Wildman–Crippen LogP) is 1.90. The quantitative estimate of drug-likeness (QED) is 0.856. The van der Waals surface area contributed by atoms with Crippen LogP contribution in [0.3, 0.4) is 0 Å². The third kappa shape index (κ3) is 2.06. The molecule has 4 heteroatoms. The van der Waals surface area contributed by atoms with Crippen LogP contribution in [0.1, 0.15) is 23.2 Å². The summed E-state index contributed by atoms with van der Waals surface area (Å²) in [6.07, 6.45) is 2.02. The van der Waals surface area contributed by atoms with E-state index >= 15 is 0 Å². The zero-order valence-corrected chi connectivity index (χ0v) is 9.78. The number of benzene rings is 1. The van der Waals surface area contributed by atoms with Crippen molar-refractivity contribution < 1.29 is 4.79 Å². The highest BCUT2D eigenvalue weighted by molar-refractivity contribution is 6.33. The van der Waals surface area contributed by atoms with Gasteiger partial charge in [0, 0.05) is 19.1 Å². The van der Waals surface area contributed by atoms with Gasteiger partial charge in [0.2, 0.25) is 0 Å². The van der Waals surface area contributed by atoms with Crippen LogP contribution in [0.15, 0.2) is 24.3 Å². The molecule has 1 aromatic carbocycles.